The van der Waals surface area contributed by atoms with E-state index in [1.165, 1.54) is 0 Å². The molecule has 0 fully saturated rings. The molecule has 0 aromatic heterocycles. The molecule has 0 bridgehead atoms. The maximum Gasteiger partial charge on any atom is 0.192 e. The minimum Gasteiger partial charge on any atom is -0.497 e. The molecule has 244 valence electrons. The molecule has 2 rings (SSSR count). The molecule has 0 aliphatic rings. The van der Waals surface area contributed by atoms with Crippen LogP contribution in [0.4, 0.5) is 0 Å². The summed E-state index contributed by atoms with van der Waals surface area (Å²) in [7, 11) is -0.490. The zero-order chi connectivity index (χ0) is 32.4. The van der Waals surface area contributed by atoms with Crippen LogP contribution in [0.2, 0.25) is 18.1 Å². The van der Waals surface area contributed by atoms with Gasteiger partial charge in [0.1, 0.15) is 5.75 Å². The van der Waals surface area contributed by atoms with Crippen LogP contribution in [0.3, 0.4) is 0 Å². The lowest BCUT2D eigenvalue weighted by atomic mass is 9.83. The summed E-state index contributed by atoms with van der Waals surface area (Å²) in [6.45, 7) is 23.2. The first-order valence-electron chi connectivity index (χ1n) is 16.0. The fourth-order valence-corrected chi connectivity index (χ4v) is 6.75. The first-order valence-corrected chi connectivity index (χ1v) is 18.9. The lowest BCUT2D eigenvalue weighted by molar-refractivity contribution is -0.0831. The molecule has 43 heavy (non-hydrogen) atoms. The third kappa shape index (κ3) is 11.6. The average Bonchev–Trinajstić information content (AvgIpc) is 2.95. The number of hydrogen-bond donors (Lipinski definition) is 2. The van der Waals surface area contributed by atoms with Gasteiger partial charge in [-0.05, 0) is 53.7 Å². The van der Waals surface area contributed by atoms with Crippen LogP contribution >= 0.6 is 0 Å². The molecule has 0 heterocycles. The average molecular weight is 617 g/mol. The maximum absolute atomic E-state index is 11.5. The van der Waals surface area contributed by atoms with E-state index in [-0.39, 0.29) is 47.3 Å². The Bertz CT molecular complexity index is 1040. The summed E-state index contributed by atoms with van der Waals surface area (Å²) in [6.07, 6.45) is -1.57. The van der Waals surface area contributed by atoms with E-state index >= 15 is 0 Å². The third-order valence-electron chi connectivity index (χ3n) is 9.28. The molecule has 2 aromatic rings. The van der Waals surface area contributed by atoms with E-state index in [9.17, 15) is 10.2 Å². The fourth-order valence-electron chi connectivity index (χ4n) is 5.27. The molecule has 0 aliphatic carbocycles. The van der Waals surface area contributed by atoms with Crippen LogP contribution in [-0.2, 0) is 27.1 Å². The van der Waals surface area contributed by atoms with E-state index in [0.717, 1.165) is 16.9 Å². The Kier molecular flexibility index (Phi) is 14.9. The minimum absolute atomic E-state index is 0.0281. The summed E-state index contributed by atoms with van der Waals surface area (Å²) < 4.78 is 24.7. The molecule has 0 radical (unpaired) electrons. The second kappa shape index (κ2) is 17.1. The van der Waals surface area contributed by atoms with Crippen molar-refractivity contribution in [3.8, 4) is 5.75 Å². The Morgan fingerprint density at radius 1 is 0.744 bits per heavy atom. The Labute approximate surface area is 263 Å². The van der Waals surface area contributed by atoms with Crippen molar-refractivity contribution in [3.63, 3.8) is 0 Å². The highest BCUT2D eigenvalue weighted by molar-refractivity contribution is 6.74. The monoisotopic (exact) mass is 616 g/mol. The molecule has 6 nitrogen and oxygen atoms in total. The van der Waals surface area contributed by atoms with Gasteiger partial charge in [-0.1, -0.05) is 97.9 Å². The minimum atomic E-state index is -2.14. The molecule has 0 amide bonds. The Hall–Kier alpha value is -1.74. The third-order valence-corrected chi connectivity index (χ3v) is 13.8. The standard InChI is InChI=1S/C36H60O6Si/c1-25(2)34(41-24-30-17-19-31(39-9)20-18-30)27(4)32(37)21-33(38)28(5)35(42-43(10,11)36(6,7)8)26(3)22-40-23-29-15-13-12-14-16-29/h12-20,25-28,32-35,37-38H,21-24H2,1-11H3/t26-,27+,28-,32+,33-,34-,35-/m1/s1. The number of benzene rings is 2. The van der Waals surface area contributed by atoms with Gasteiger partial charge in [0.2, 0.25) is 0 Å². The van der Waals surface area contributed by atoms with Crippen LogP contribution in [0.1, 0.15) is 72.9 Å². The highest BCUT2D eigenvalue weighted by atomic mass is 28.4. The van der Waals surface area contributed by atoms with Gasteiger partial charge in [0.15, 0.2) is 8.32 Å². The zero-order valence-electron chi connectivity index (χ0n) is 28.7. The van der Waals surface area contributed by atoms with Gasteiger partial charge in [-0.2, -0.15) is 0 Å². The molecule has 7 heteroatoms. The summed E-state index contributed by atoms with van der Waals surface area (Å²) in [5, 5.41) is 22.9. The Morgan fingerprint density at radius 2 is 1.28 bits per heavy atom. The molecule has 0 aliphatic heterocycles. The van der Waals surface area contributed by atoms with E-state index in [4.69, 9.17) is 18.6 Å². The van der Waals surface area contributed by atoms with Crippen LogP contribution in [0.5, 0.6) is 5.75 Å². The SMILES string of the molecule is COc1ccc(CO[C@H](C(C)C)[C@@H](C)[C@@H](O)C[C@@H](O)[C@@H](C)[C@H](O[Si](C)(C)C(C)(C)C)[C@H](C)COCc2ccccc2)cc1. The van der Waals surface area contributed by atoms with Crippen molar-refractivity contribution in [2.24, 2.45) is 23.7 Å². The smallest absolute Gasteiger partial charge is 0.192 e. The van der Waals surface area contributed by atoms with E-state index in [1.54, 1.807) is 7.11 Å². The Morgan fingerprint density at radius 3 is 1.79 bits per heavy atom. The van der Waals surface area contributed by atoms with Gasteiger partial charge in [0, 0.05) is 17.8 Å². The summed E-state index contributed by atoms with van der Waals surface area (Å²) in [4.78, 5) is 0. The van der Waals surface area contributed by atoms with Crippen molar-refractivity contribution >= 4 is 8.32 Å². The van der Waals surface area contributed by atoms with E-state index in [1.807, 2.05) is 56.3 Å². The van der Waals surface area contributed by atoms with Crippen molar-refractivity contribution in [3.05, 3.63) is 65.7 Å². The number of hydrogen-bond acceptors (Lipinski definition) is 6. The van der Waals surface area contributed by atoms with Crippen molar-refractivity contribution in [1.82, 2.24) is 0 Å². The largest absolute Gasteiger partial charge is 0.497 e. The fraction of sp³-hybridized carbons (Fsp3) is 0.667. The van der Waals surface area contributed by atoms with E-state index < -0.39 is 20.5 Å². The van der Waals surface area contributed by atoms with Gasteiger partial charge in [0.25, 0.3) is 0 Å². The molecule has 0 saturated heterocycles. The van der Waals surface area contributed by atoms with Crippen molar-refractivity contribution in [2.75, 3.05) is 13.7 Å². The predicted octanol–water partition coefficient (Wildman–Crippen LogP) is 7.86. The summed E-state index contributed by atoms with van der Waals surface area (Å²) in [6, 6.07) is 18.0. The van der Waals surface area contributed by atoms with Crippen molar-refractivity contribution in [2.45, 2.75) is 118 Å². The first kappa shape index (κ1) is 37.4. The normalized spacial score (nSPS) is 17.6. The van der Waals surface area contributed by atoms with Crippen LogP contribution in [0.15, 0.2) is 54.6 Å². The number of ether oxygens (including phenoxy) is 3. The summed E-state index contributed by atoms with van der Waals surface area (Å²) in [5.41, 5.74) is 2.19. The molecule has 2 aromatic carbocycles. The number of aliphatic hydroxyl groups is 2. The first-order chi connectivity index (χ1) is 20.1. The second-order valence-corrected chi connectivity index (χ2v) is 19.0. The Balaban J connectivity index is 2.10. The van der Waals surface area contributed by atoms with Gasteiger partial charge in [-0.15, -0.1) is 0 Å². The number of rotatable bonds is 18. The predicted molar refractivity (Wildman–Crippen MR) is 179 cm³/mol. The van der Waals surface area contributed by atoms with Crippen LogP contribution < -0.4 is 4.74 Å². The molecular weight excluding hydrogens is 556 g/mol. The number of methoxy groups -OCH3 is 1. The van der Waals surface area contributed by atoms with Gasteiger partial charge < -0.3 is 28.8 Å². The van der Waals surface area contributed by atoms with Crippen molar-refractivity contribution < 1.29 is 28.8 Å². The van der Waals surface area contributed by atoms with Crippen LogP contribution in [0, 0.1) is 23.7 Å². The molecule has 7 atom stereocenters. The second-order valence-electron chi connectivity index (χ2n) is 14.3. The van der Waals surface area contributed by atoms with Gasteiger partial charge in [-0.25, -0.2) is 0 Å². The van der Waals surface area contributed by atoms with Gasteiger partial charge in [-0.3, -0.25) is 0 Å². The van der Waals surface area contributed by atoms with E-state index in [0.29, 0.717) is 19.8 Å². The maximum atomic E-state index is 11.5. The lowest BCUT2D eigenvalue weighted by Crippen LogP contribution is -2.50. The molecule has 2 N–H and O–H groups in total. The highest BCUT2D eigenvalue weighted by Crippen LogP contribution is 2.40. The quantitative estimate of drug-likeness (QED) is 0.166. The number of aliphatic hydroxyl groups excluding tert-OH is 2. The summed E-state index contributed by atoms with van der Waals surface area (Å²) in [5.74, 6) is 0.724. The molecule has 0 unspecified atom stereocenters. The van der Waals surface area contributed by atoms with Crippen LogP contribution in [-0.4, -0.2) is 56.7 Å². The summed E-state index contributed by atoms with van der Waals surface area (Å²) >= 11 is 0. The molecular formula is C36H60O6Si. The molecule has 0 saturated carbocycles. The zero-order valence-corrected chi connectivity index (χ0v) is 29.7. The van der Waals surface area contributed by atoms with E-state index in [2.05, 4.69) is 66.8 Å². The lowest BCUT2D eigenvalue weighted by Gasteiger charge is -2.44. The van der Waals surface area contributed by atoms with Crippen LogP contribution in [0.25, 0.3) is 0 Å². The van der Waals surface area contributed by atoms with Crippen molar-refractivity contribution in [1.29, 1.82) is 0 Å². The van der Waals surface area contributed by atoms with Gasteiger partial charge in [0.05, 0.1) is 51.3 Å². The van der Waals surface area contributed by atoms with Gasteiger partial charge >= 0.3 is 0 Å². The highest BCUT2D eigenvalue weighted by Gasteiger charge is 2.43. The topological polar surface area (TPSA) is 77.4 Å². The molecule has 0 spiro atoms.